The van der Waals surface area contributed by atoms with Gasteiger partial charge in [0.15, 0.2) is 5.54 Å². The lowest BCUT2D eigenvalue weighted by atomic mass is 9.95. The van der Waals surface area contributed by atoms with Crippen LogP contribution in [0.2, 0.25) is 0 Å². The quantitative estimate of drug-likeness (QED) is 0.164. The Morgan fingerprint density at radius 2 is 1.34 bits per heavy atom. The fourth-order valence-electron chi connectivity index (χ4n) is 3.30. The van der Waals surface area contributed by atoms with E-state index in [0.29, 0.717) is 26.2 Å². The lowest BCUT2D eigenvalue weighted by Crippen LogP contribution is -2.54. The second kappa shape index (κ2) is 13.1. The van der Waals surface area contributed by atoms with E-state index in [1.807, 2.05) is 0 Å². The van der Waals surface area contributed by atoms with E-state index in [2.05, 4.69) is 10.6 Å². The first-order chi connectivity index (χ1) is 17.9. The normalized spacial score (nSPS) is 18.0. The summed E-state index contributed by atoms with van der Waals surface area (Å²) in [4.78, 5) is 63.2. The zero-order valence-electron chi connectivity index (χ0n) is 21.1. The van der Waals surface area contributed by atoms with E-state index in [1.54, 1.807) is 23.6 Å². The number of aliphatic carboxylic acids is 1. The summed E-state index contributed by atoms with van der Waals surface area (Å²) in [6, 6.07) is 0. The number of ketones is 2. The zero-order valence-corrected chi connectivity index (χ0v) is 21.1. The highest BCUT2D eigenvalue weighted by molar-refractivity contribution is 6.26. The number of ether oxygens (including phenoxy) is 2. The fourth-order valence-corrected chi connectivity index (χ4v) is 3.30. The SMILES string of the molecule is CCOC(=O)NC1=C(N2CC2)C(=O)C(NC(=O)OCC)=C(N2CC2)C1=O.NCCCC(N)(C(=O)O)C(F)F. The highest BCUT2D eigenvalue weighted by Gasteiger charge is 2.45. The first-order valence-electron chi connectivity index (χ1n) is 11.9. The summed E-state index contributed by atoms with van der Waals surface area (Å²) < 4.78 is 33.9. The molecule has 0 aromatic heterocycles. The lowest BCUT2D eigenvalue weighted by Gasteiger charge is -2.25. The van der Waals surface area contributed by atoms with Crippen molar-refractivity contribution in [1.29, 1.82) is 0 Å². The molecule has 0 bridgehead atoms. The van der Waals surface area contributed by atoms with Crippen LogP contribution in [0.3, 0.4) is 0 Å². The Balaban J connectivity index is 0.000000358. The minimum atomic E-state index is -3.07. The van der Waals surface area contributed by atoms with Gasteiger partial charge in [-0.15, -0.1) is 0 Å². The summed E-state index contributed by atoms with van der Waals surface area (Å²) in [6.07, 6.45) is -4.82. The van der Waals surface area contributed by atoms with Crippen LogP contribution in [0, 0.1) is 0 Å². The molecule has 1 unspecified atom stereocenters. The first-order valence-corrected chi connectivity index (χ1v) is 11.9. The molecule has 7 N–H and O–H groups in total. The second-order valence-electron chi connectivity index (χ2n) is 8.31. The number of nitrogens with two attached hydrogens (primary N) is 2. The van der Waals surface area contributed by atoms with Crippen LogP contribution in [0.4, 0.5) is 18.4 Å². The standard InChI is InChI=1S/C16H20N4O6.C6H12F2N2O2/c1-3-25-15(23)17-9-11(19-5-6-19)14(22)10(18-16(24)26-4-2)12(13(9)21)20-7-8-20;7-4(8)6(10,5(11)12)2-1-3-9/h3-8H2,1-2H3,(H,17,23)(H,18,24);4H,1-3,9-10H2,(H,11,12). The van der Waals surface area contributed by atoms with Crippen LogP contribution in [0.5, 0.6) is 0 Å². The zero-order chi connectivity index (χ0) is 28.6. The minimum Gasteiger partial charge on any atom is -0.480 e. The average Bonchev–Trinajstić information content (AvgIpc) is 3.76. The Morgan fingerprint density at radius 1 is 0.947 bits per heavy atom. The molecule has 0 saturated carbocycles. The van der Waals surface area contributed by atoms with Gasteiger partial charge in [0.1, 0.15) is 22.8 Å². The third-order valence-electron chi connectivity index (χ3n) is 5.47. The van der Waals surface area contributed by atoms with Crippen LogP contribution in [0.1, 0.15) is 26.7 Å². The van der Waals surface area contributed by atoms with E-state index >= 15 is 0 Å². The molecule has 0 aromatic rings. The molecular weight excluding hydrogens is 514 g/mol. The molecule has 3 rings (SSSR count). The van der Waals surface area contributed by atoms with Gasteiger partial charge in [-0.2, -0.15) is 0 Å². The van der Waals surface area contributed by atoms with Gasteiger partial charge in [-0.25, -0.2) is 23.2 Å². The van der Waals surface area contributed by atoms with Crippen molar-refractivity contribution in [1.82, 2.24) is 20.4 Å². The van der Waals surface area contributed by atoms with Crippen LogP contribution in [-0.4, -0.2) is 103 Å². The number of hydrogen-bond donors (Lipinski definition) is 5. The topological polar surface area (TPSA) is 206 Å². The summed E-state index contributed by atoms with van der Waals surface area (Å²) in [7, 11) is 0. The van der Waals surface area contributed by atoms with Crippen LogP contribution in [-0.2, 0) is 23.9 Å². The van der Waals surface area contributed by atoms with Gasteiger partial charge in [-0.3, -0.25) is 20.2 Å². The van der Waals surface area contributed by atoms with Gasteiger partial charge in [0, 0.05) is 26.2 Å². The molecule has 2 aliphatic heterocycles. The number of Topliss-reactive ketones (excluding diaryl/α,β-unsaturated/α-hetero) is 2. The molecule has 14 nitrogen and oxygen atoms in total. The predicted molar refractivity (Wildman–Crippen MR) is 126 cm³/mol. The van der Waals surface area contributed by atoms with Gasteiger partial charge in [-0.05, 0) is 33.2 Å². The third-order valence-corrected chi connectivity index (χ3v) is 5.47. The van der Waals surface area contributed by atoms with Crippen molar-refractivity contribution in [2.24, 2.45) is 11.5 Å². The molecule has 16 heteroatoms. The van der Waals surface area contributed by atoms with E-state index in [0.717, 1.165) is 0 Å². The molecule has 0 radical (unpaired) electrons. The van der Waals surface area contributed by atoms with Crippen molar-refractivity contribution in [2.45, 2.75) is 38.7 Å². The summed E-state index contributed by atoms with van der Waals surface area (Å²) >= 11 is 0. The summed E-state index contributed by atoms with van der Waals surface area (Å²) in [5.74, 6) is -2.77. The predicted octanol–water partition coefficient (Wildman–Crippen LogP) is -0.543. The number of carbonyl (C=O) groups excluding carboxylic acids is 4. The largest absolute Gasteiger partial charge is 0.480 e. The number of alkyl halides is 2. The molecule has 1 aliphatic carbocycles. The molecule has 1 atom stereocenters. The number of amides is 2. The van der Waals surface area contributed by atoms with Crippen molar-refractivity contribution in [2.75, 3.05) is 45.9 Å². The number of carboxylic acids is 1. The number of halogens is 2. The van der Waals surface area contributed by atoms with Crippen LogP contribution in [0.25, 0.3) is 0 Å². The van der Waals surface area contributed by atoms with Gasteiger partial charge in [0.2, 0.25) is 11.6 Å². The molecule has 2 heterocycles. The van der Waals surface area contributed by atoms with Gasteiger partial charge in [0.05, 0.1) is 13.2 Å². The van der Waals surface area contributed by atoms with Gasteiger partial charge < -0.3 is 35.8 Å². The summed E-state index contributed by atoms with van der Waals surface area (Å²) in [5, 5.41) is 13.2. The first kappa shape index (κ1) is 30.4. The van der Waals surface area contributed by atoms with Crippen LogP contribution in [0.15, 0.2) is 22.8 Å². The number of rotatable bonds is 11. The van der Waals surface area contributed by atoms with Crippen LogP contribution < -0.4 is 22.1 Å². The number of nitrogens with one attached hydrogen (secondary N) is 2. The molecular formula is C22H32F2N6O8. The molecule has 2 fully saturated rings. The Morgan fingerprint density at radius 3 is 1.61 bits per heavy atom. The maximum atomic E-state index is 13.0. The highest BCUT2D eigenvalue weighted by atomic mass is 19.3. The summed E-state index contributed by atoms with van der Waals surface area (Å²) in [5.41, 5.74) is 7.43. The minimum absolute atomic E-state index is 0.0560. The smallest absolute Gasteiger partial charge is 0.411 e. The van der Waals surface area contributed by atoms with Crippen molar-refractivity contribution < 1.29 is 47.3 Å². The average molecular weight is 547 g/mol. The van der Waals surface area contributed by atoms with Crippen molar-refractivity contribution >= 4 is 29.7 Å². The molecule has 0 aromatic carbocycles. The van der Waals surface area contributed by atoms with E-state index < -0.39 is 41.7 Å². The maximum Gasteiger partial charge on any atom is 0.411 e. The number of alkyl carbamates (subject to hydrolysis) is 2. The lowest BCUT2D eigenvalue weighted by molar-refractivity contribution is -0.150. The third kappa shape index (κ3) is 7.38. The van der Waals surface area contributed by atoms with E-state index in [1.165, 1.54) is 0 Å². The monoisotopic (exact) mass is 546 g/mol. The molecule has 212 valence electrons. The van der Waals surface area contributed by atoms with E-state index in [-0.39, 0.29) is 55.4 Å². The molecule has 0 spiro atoms. The van der Waals surface area contributed by atoms with Gasteiger partial charge in [0.25, 0.3) is 6.43 Å². The molecule has 2 amide bonds. The van der Waals surface area contributed by atoms with E-state index in [4.69, 9.17) is 26.0 Å². The molecule has 38 heavy (non-hydrogen) atoms. The Labute approximate surface area is 216 Å². The maximum absolute atomic E-state index is 13.0. The number of nitrogens with zero attached hydrogens (tertiary/aromatic N) is 2. The Bertz CT molecular complexity index is 963. The van der Waals surface area contributed by atoms with Crippen molar-refractivity contribution in [3.05, 3.63) is 22.8 Å². The highest BCUT2D eigenvalue weighted by Crippen LogP contribution is 2.32. The molecule has 3 aliphatic rings. The van der Waals surface area contributed by atoms with Crippen molar-refractivity contribution in [3.8, 4) is 0 Å². The fraction of sp³-hybridized carbons (Fsp3) is 0.591. The van der Waals surface area contributed by atoms with Gasteiger partial charge >= 0.3 is 18.2 Å². The number of carboxylic acid groups (broad SMARTS) is 1. The Kier molecular flexibility index (Phi) is 10.5. The second-order valence-corrected chi connectivity index (χ2v) is 8.31. The Hall–Kier alpha value is -3.79. The number of carbonyl (C=O) groups is 5. The molecule has 2 saturated heterocycles. The van der Waals surface area contributed by atoms with E-state index in [9.17, 15) is 32.8 Å². The number of hydrogen-bond acceptors (Lipinski definition) is 11. The summed E-state index contributed by atoms with van der Waals surface area (Å²) in [6.45, 7) is 5.99. The van der Waals surface area contributed by atoms with Crippen molar-refractivity contribution in [3.63, 3.8) is 0 Å². The van der Waals surface area contributed by atoms with Gasteiger partial charge in [-0.1, -0.05) is 0 Å². The van der Waals surface area contributed by atoms with Crippen LogP contribution >= 0.6 is 0 Å².